The molecule has 11 heteroatoms. The number of halogens is 2. The summed E-state index contributed by atoms with van der Waals surface area (Å²) in [5.74, 6) is -1.39. The van der Waals surface area contributed by atoms with E-state index >= 15 is 0 Å². The van der Waals surface area contributed by atoms with Crippen LogP contribution in [-0.2, 0) is 26.3 Å². The van der Waals surface area contributed by atoms with Gasteiger partial charge in [0.15, 0.2) is 0 Å². The van der Waals surface area contributed by atoms with Gasteiger partial charge >= 0.3 is 10.2 Å². The van der Waals surface area contributed by atoms with E-state index in [9.17, 15) is 22.4 Å². The zero-order valence-electron chi connectivity index (χ0n) is 22.1. The van der Waals surface area contributed by atoms with E-state index in [1.807, 2.05) is 6.92 Å². The lowest BCUT2D eigenvalue weighted by molar-refractivity contribution is -0.140. The van der Waals surface area contributed by atoms with Gasteiger partial charge in [0.1, 0.15) is 18.4 Å². The molecule has 2 aromatic rings. The number of rotatable bonds is 11. The molecule has 1 aliphatic carbocycles. The summed E-state index contributed by atoms with van der Waals surface area (Å²) in [4.78, 5) is 28.7. The van der Waals surface area contributed by atoms with Crippen LogP contribution < -0.4 is 9.62 Å². The van der Waals surface area contributed by atoms with Crippen LogP contribution in [0.1, 0.15) is 51.0 Å². The van der Waals surface area contributed by atoms with Gasteiger partial charge in [-0.15, -0.1) is 0 Å². The topological polar surface area (TPSA) is 90.0 Å². The summed E-state index contributed by atoms with van der Waals surface area (Å²) in [7, 11) is -1.42. The first-order chi connectivity index (χ1) is 18.0. The van der Waals surface area contributed by atoms with Gasteiger partial charge in [-0.3, -0.25) is 9.59 Å². The quantitative estimate of drug-likeness (QED) is 0.438. The highest BCUT2D eigenvalue weighted by molar-refractivity contribution is 7.90. The maximum Gasteiger partial charge on any atom is 0.304 e. The van der Waals surface area contributed by atoms with E-state index in [0.717, 1.165) is 52.8 Å². The summed E-state index contributed by atoms with van der Waals surface area (Å²) in [6.07, 6.45) is 5.32. The van der Waals surface area contributed by atoms with Crippen molar-refractivity contribution < 1.29 is 22.4 Å². The fourth-order valence-corrected chi connectivity index (χ4v) is 5.85. The number of carbonyl (C=O) groups is 2. The van der Waals surface area contributed by atoms with Crippen molar-refractivity contribution in [1.29, 1.82) is 0 Å². The van der Waals surface area contributed by atoms with Gasteiger partial charge in [0.25, 0.3) is 0 Å². The zero-order valence-corrected chi connectivity index (χ0v) is 23.6. The Morgan fingerprint density at radius 3 is 2.26 bits per heavy atom. The third-order valence-corrected chi connectivity index (χ3v) is 8.96. The van der Waals surface area contributed by atoms with E-state index in [0.29, 0.717) is 17.0 Å². The van der Waals surface area contributed by atoms with Crippen LogP contribution in [0.25, 0.3) is 0 Å². The Morgan fingerprint density at radius 1 is 1.05 bits per heavy atom. The minimum atomic E-state index is -4.12. The second kappa shape index (κ2) is 13.4. The Kier molecular flexibility index (Phi) is 10.5. The predicted octanol–water partition coefficient (Wildman–Crippen LogP) is 4.35. The Labute approximate surface area is 229 Å². The van der Waals surface area contributed by atoms with Gasteiger partial charge in [-0.1, -0.05) is 56.0 Å². The molecule has 0 spiro atoms. The van der Waals surface area contributed by atoms with E-state index in [1.165, 1.54) is 31.1 Å². The average molecular weight is 567 g/mol. The van der Waals surface area contributed by atoms with E-state index in [-0.39, 0.29) is 24.2 Å². The fourth-order valence-electron chi connectivity index (χ4n) is 4.60. The summed E-state index contributed by atoms with van der Waals surface area (Å²) in [6.45, 7) is 1.25. The number of nitrogens with one attached hydrogen (secondary N) is 1. The van der Waals surface area contributed by atoms with Crippen LogP contribution in [0, 0.1) is 5.82 Å². The first kappa shape index (κ1) is 29.9. The molecular formula is C27H36ClFN4O4S. The second-order valence-electron chi connectivity index (χ2n) is 9.65. The fraction of sp³-hybridized carbons (Fsp3) is 0.481. The number of hydrogen-bond donors (Lipinski definition) is 1. The van der Waals surface area contributed by atoms with Crippen LogP contribution in [0.15, 0.2) is 48.5 Å². The van der Waals surface area contributed by atoms with Gasteiger partial charge in [0.05, 0.1) is 5.69 Å². The van der Waals surface area contributed by atoms with Crippen molar-refractivity contribution in [2.75, 3.05) is 24.9 Å². The van der Waals surface area contributed by atoms with Crippen LogP contribution in [0.2, 0.25) is 5.02 Å². The second-order valence-corrected chi connectivity index (χ2v) is 12.1. The molecule has 38 heavy (non-hydrogen) atoms. The lowest BCUT2D eigenvalue weighted by Gasteiger charge is -2.35. The maximum atomic E-state index is 13.9. The van der Waals surface area contributed by atoms with Gasteiger partial charge in [-0.2, -0.15) is 12.7 Å². The maximum absolute atomic E-state index is 13.9. The lowest BCUT2D eigenvalue weighted by Crippen LogP contribution is -2.54. The SMILES string of the molecule is CC[C@@H](C(=O)NC1CCCCC1)N(Cc1ccccc1Cl)C(=O)CN(c1ccc(F)cc1)S(=O)(=O)N(C)C. The number of carbonyl (C=O) groups excluding carboxylic acids is 2. The molecule has 0 bridgehead atoms. The Balaban J connectivity index is 1.96. The van der Waals surface area contributed by atoms with Gasteiger partial charge < -0.3 is 10.2 Å². The van der Waals surface area contributed by atoms with Crippen molar-refractivity contribution in [2.24, 2.45) is 0 Å². The molecular weight excluding hydrogens is 531 g/mol. The molecule has 0 aliphatic heterocycles. The monoisotopic (exact) mass is 566 g/mol. The molecule has 0 aromatic heterocycles. The highest BCUT2D eigenvalue weighted by Gasteiger charge is 2.34. The van der Waals surface area contributed by atoms with Crippen molar-refractivity contribution in [2.45, 2.75) is 64.1 Å². The van der Waals surface area contributed by atoms with Gasteiger partial charge in [0, 0.05) is 31.7 Å². The highest BCUT2D eigenvalue weighted by atomic mass is 35.5. The van der Waals surface area contributed by atoms with Crippen molar-refractivity contribution in [3.63, 3.8) is 0 Å². The number of anilines is 1. The van der Waals surface area contributed by atoms with E-state index in [1.54, 1.807) is 24.3 Å². The number of benzene rings is 2. The summed E-state index contributed by atoms with van der Waals surface area (Å²) < 4.78 is 41.9. The third kappa shape index (κ3) is 7.45. The summed E-state index contributed by atoms with van der Waals surface area (Å²) in [6, 6.07) is 11.1. The van der Waals surface area contributed by atoms with Crippen molar-refractivity contribution in [1.82, 2.24) is 14.5 Å². The highest BCUT2D eigenvalue weighted by Crippen LogP contribution is 2.24. The smallest absolute Gasteiger partial charge is 0.304 e. The largest absolute Gasteiger partial charge is 0.352 e. The summed E-state index contributed by atoms with van der Waals surface area (Å²) in [5.41, 5.74) is 0.765. The van der Waals surface area contributed by atoms with Crippen LogP contribution in [-0.4, -0.2) is 62.2 Å². The van der Waals surface area contributed by atoms with Crippen LogP contribution in [0.4, 0.5) is 10.1 Å². The molecule has 1 fully saturated rings. The molecule has 2 aromatic carbocycles. The average Bonchev–Trinajstić information content (AvgIpc) is 2.89. The summed E-state index contributed by atoms with van der Waals surface area (Å²) in [5, 5.41) is 3.53. The third-order valence-electron chi connectivity index (χ3n) is 6.77. The lowest BCUT2D eigenvalue weighted by atomic mass is 9.95. The molecule has 208 valence electrons. The van der Waals surface area contributed by atoms with E-state index in [2.05, 4.69) is 5.32 Å². The van der Waals surface area contributed by atoms with Crippen LogP contribution in [0.5, 0.6) is 0 Å². The molecule has 8 nitrogen and oxygen atoms in total. The van der Waals surface area contributed by atoms with E-state index < -0.39 is 34.5 Å². The number of hydrogen-bond acceptors (Lipinski definition) is 4. The Hall–Kier alpha value is -2.69. The summed E-state index contributed by atoms with van der Waals surface area (Å²) >= 11 is 6.40. The van der Waals surface area contributed by atoms with Crippen molar-refractivity contribution in [3.8, 4) is 0 Å². The molecule has 0 unspecified atom stereocenters. The van der Waals surface area contributed by atoms with Crippen molar-refractivity contribution in [3.05, 3.63) is 64.9 Å². The standard InChI is InChI=1S/C27H36ClFN4O4S/c1-4-25(27(35)30-22-11-6-5-7-12-22)32(18-20-10-8-9-13-24(20)28)26(34)19-33(38(36,37)31(2)3)23-16-14-21(29)15-17-23/h8-10,13-17,22,25H,4-7,11-12,18-19H2,1-3H3,(H,30,35)/t25-/m0/s1. The first-order valence-corrected chi connectivity index (χ1v) is 14.6. The molecule has 1 aliphatic rings. The normalized spacial score (nSPS) is 15.2. The van der Waals surface area contributed by atoms with Gasteiger partial charge in [-0.25, -0.2) is 8.70 Å². The van der Waals surface area contributed by atoms with Gasteiger partial charge in [0.2, 0.25) is 11.8 Å². The molecule has 2 amide bonds. The minimum absolute atomic E-state index is 0.0222. The zero-order chi connectivity index (χ0) is 27.9. The van der Waals surface area contributed by atoms with Gasteiger partial charge in [-0.05, 0) is 55.2 Å². The predicted molar refractivity (Wildman–Crippen MR) is 147 cm³/mol. The minimum Gasteiger partial charge on any atom is -0.352 e. The Bertz CT molecular complexity index is 1200. The molecule has 0 saturated heterocycles. The van der Waals surface area contributed by atoms with Crippen molar-refractivity contribution >= 4 is 39.3 Å². The van der Waals surface area contributed by atoms with Crippen LogP contribution >= 0.6 is 11.6 Å². The molecule has 1 atom stereocenters. The number of amides is 2. The van der Waals surface area contributed by atoms with E-state index in [4.69, 9.17) is 11.6 Å². The first-order valence-electron chi connectivity index (χ1n) is 12.8. The molecule has 0 heterocycles. The van der Waals surface area contributed by atoms with Crippen LogP contribution in [0.3, 0.4) is 0 Å². The molecule has 0 radical (unpaired) electrons. The molecule has 3 rings (SSSR count). The molecule has 1 N–H and O–H groups in total. The number of nitrogens with zero attached hydrogens (tertiary/aromatic N) is 3. The Morgan fingerprint density at radius 2 is 1.68 bits per heavy atom. The molecule has 1 saturated carbocycles.